The number of nitrogens with two attached hydrogens (primary N) is 1. The highest BCUT2D eigenvalue weighted by molar-refractivity contribution is 5.07. The lowest BCUT2D eigenvalue weighted by molar-refractivity contribution is 0.225. The van der Waals surface area contributed by atoms with Crippen molar-refractivity contribution in [3.8, 4) is 5.88 Å². The van der Waals surface area contributed by atoms with Crippen molar-refractivity contribution in [2.75, 3.05) is 20.2 Å². The van der Waals surface area contributed by atoms with E-state index in [2.05, 4.69) is 21.9 Å². The monoisotopic (exact) mass is 222 g/mol. The van der Waals surface area contributed by atoms with Gasteiger partial charge in [-0.3, -0.25) is 4.98 Å². The number of hydrogen-bond acceptors (Lipinski definition) is 5. The van der Waals surface area contributed by atoms with E-state index in [0.717, 1.165) is 18.3 Å². The van der Waals surface area contributed by atoms with Crippen LogP contribution in [0, 0.1) is 0 Å². The predicted molar refractivity (Wildman–Crippen MR) is 61.1 cm³/mol. The number of aromatic nitrogens is 2. The van der Waals surface area contributed by atoms with Crippen LogP contribution in [0.25, 0.3) is 0 Å². The second-order valence-corrected chi connectivity index (χ2v) is 4.11. The van der Waals surface area contributed by atoms with E-state index < -0.39 is 0 Å². The molecule has 1 aromatic rings. The summed E-state index contributed by atoms with van der Waals surface area (Å²) >= 11 is 0. The fraction of sp³-hybridized carbons (Fsp3) is 0.636. The number of ether oxygens (including phenoxy) is 1. The van der Waals surface area contributed by atoms with Crippen LogP contribution in [0.2, 0.25) is 0 Å². The van der Waals surface area contributed by atoms with Gasteiger partial charge in [-0.15, -0.1) is 0 Å². The van der Waals surface area contributed by atoms with Crippen molar-refractivity contribution in [2.45, 2.75) is 25.4 Å². The van der Waals surface area contributed by atoms with Crippen LogP contribution in [0.1, 0.15) is 18.5 Å². The molecule has 0 bridgehead atoms. The van der Waals surface area contributed by atoms with E-state index in [1.807, 2.05) is 0 Å². The van der Waals surface area contributed by atoms with Crippen molar-refractivity contribution in [1.82, 2.24) is 14.9 Å². The first-order valence-corrected chi connectivity index (χ1v) is 5.63. The summed E-state index contributed by atoms with van der Waals surface area (Å²) in [6.07, 6.45) is 5.91. The Morgan fingerprint density at radius 3 is 3.00 bits per heavy atom. The second kappa shape index (κ2) is 5.23. The fourth-order valence-electron chi connectivity index (χ4n) is 1.55. The molecular weight excluding hydrogens is 204 g/mol. The Kier molecular flexibility index (Phi) is 3.69. The maximum atomic E-state index is 5.53. The second-order valence-electron chi connectivity index (χ2n) is 4.11. The van der Waals surface area contributed by atoms with Crippen LogP contribution in [0.5, 0.6) is 5.88 Å². The Morgan fingerprint density at radius 1 is 1.50 bits per heavy atom. The number of hydrogen-bond donors (Lipinski definition) is 1. The van der Waals surface area contributed by atoms with Gasteiger partial charge in [-0.25, -0.2) is 4.98 Å². The lowest BCUT2D eigenvalue weighted by atomic mass is 10.4. The first-order valence-electron chi connectivity index (χ1n) is 5.63. The Bertz CT molecular complexity index is 341. The minimum atomic E-state index is 0.395. The van der Waals surface area contributed by atoms with Crippen molar-refractivity contribution < 1.29 is 4.74 Å². The van der Waals surface area contributed by atoms with E-state index >= 15 is 0 Å². The molecule has 0 spiro atoms. The van der Waals surface area contributed by atoms with Crippen molar-refractivity contribution in [3.63, 3.8) is 0 Å². The lowest BCUT2D eigenvalue weighted by Gasteiger charge is -2.15. The van der Waals surface area contributed by atoms with Crippen LogP contribution in [0.15, 0.2) is 12.4 Å². The molecule has 2 rings (SSSR count). The Hall–Kier alpha value is -1.20. The normalized spacial score (nSPS) is 15.4. The standard InChI is InChI=1S/C11H18N4O/c1-15(10-2-3-10)4-5-16-11-8-13-7-9(6-12)14-11/h7-8,10H,2-6,12H2,1H3. The molecule has 1 aliphatic carbocycles. The molecular formula is C11H18N4O. The van der Waals surface area contributed by atoms with Crippen molar-refractivity contribution >= 4 is 0 Å². The van der Waals surface area contributed by atoms with Crippen LogP contribution in [0.4, 0.5) is 0 Å². The van der Waals surface area contributed by atoms with Gasteiger partial charge in [0.15, 0.2) is 0 Å². The van der Waals surface area contributed by atoms with E-state index in [4.69, 9.17) is 10.5 Å². The topological polar surface area (TPSA) is 64.3 Å². The smallest absolute Gasteiger partial charge is 0.232 e. The van der Waals surface area contributed by atoms with Gasteiger partial charge in [-0.05, 0) is 19.9 Å². The molecule has 16 heavy (non-hydrogen) atoms. The molecule has 0 aromatic carbocycles. The molecule has 5 heteroatoms. The molecule has 0 aliphatic heterocycles. The van der Waals surface area contributed by atoms with Gasteiger partial charge < -0.3 is 15.4 Å². The molecule has 2 N–H and O–H groups in total. The van der Waals surface area contributed by atoms with Crippen LogP contribution in [0.3, 0.4) is 0 Å². The summed E-state index contributed by atoms with van der Waals surface area (Å²) < 4.78 is 5.53. The zero-order chi connectivity index (χ0) is 11.4. The minimum Gasteiger partial charge on any atom is -0.475 e. The van der Waals surface area contributed by atoms with Crippen LogP contribution >= 0.6 is 0 Å². The Balaban J connectivity index is 1.75. The average Bonchev–Trinajstić information content (AvgIpc) is 3.13. The molecule has 0 atom stereocenters. The van der Waals surface area contributed by atoms with E-state index in [1.54, 1.807) is 12.4 Å². The van der Waals surface area contributed by atoms with Crippen LogP contribution in [-0.2, 0) is 6.54 Å². The number of likely N-dealkylation sites (N-methyl/N-ethyl adjacent to an activating group) is 1. The van der Waals surface area contributed by atoms with Crippen molar-refractivity contribution in [3.05, 3.63) is 18.1 Å². The van der Waals surface area contributed by atoms with Crippen molar-refractivity contribution in [2.24, 2.45) is 5.73 Å². The number of nitrogens with zero attached hydrogens (tertiary/aromatic N) is 3. The lowest BCUT2D eigenvalue weighted by Crippen LogP contribution is -2.26. The van der Waals surface area contributed by atoms with Crippen LogP contribution < -0.4 is 10.5 Å². The highest BCUT2D eigenvalue weighted by Crippen LogP contribution is 2.24. The first-order chi connectivity index (χ1) is 7.79. The zero-order valence-corrected chi connectivity index (χ0v) is 9.59. The van der Waals surface area contributed by atoms with E-state index in [1.165, 1.54) is 12.8 Å². The summed E-state index contributed by atoms with van der Waals surface area (Å²) in [6, 6.07) is 0.769. The number of rotatable bonds is 6. The van der Waals surface area contributed by atoms with Gasteiger partial charge in [-0.1, -0.05) is 0 Å². The highest BCUT2D eigenvalue weighted by atomic mass is 16.5. The van der Waals surface area contributed by atoms with Gasteiger partial charge in [0.05, 0.1) is 11.9 Å². The van der Waals surface area contributed by atoms with Gasteiger partial charge in [-0.2, -0.15) is 0 Å². The molecule has 1 saturated carbocycles. The summed E-state index contributed by atoms with van der Waals surface area (Å²) in [5, 5.41) is 0. The highest BCUT2D eigenvalue weighted by Gasteiger charge is 2.25. The van der Waals surface area contributed by atoms with E-state index in [-0.39, 0.29) is 0 Å². The Labute approximate surface area is 95.6 Å². The molecule has 0 unspecified atom stereocenters. The van der Waals surface area contributed by atoms with E-state index in [0.29, 0.717) is 19.0 Å². The molecule has 0 radical (unpaired) electrons. The van der Waals surface area contributed by atoms with Gasteiger partial charge in [0.25, 0.3) is 0 Å². The first kappa shape index (κ1) is 11.3. The third-order valence-electron chi connectivity index (χ3n) is 2.74. The molecule has 1 aliphatic rings. The Morgan fingerprint density at radius 2 is 2.31 bits per heavy atom. The minimum absolute atomic E-state index is 0.395. The summed E-state index contributed by atoms with van der Waals surface area (Å²) in [7, 11) is 2.13. The molecule has 1 heterocycles. The molecule has 1 fully saturated rings. The summed E-state index contributed by atoms with van der Waals surface area (Å²) in [5.74, 6) is 0.562. The fourth-order valence-corrected chi connectivity index (χ4v) is 1.55. The maximum absolute atomic E-state index is 5.53. The van der Waals surface area contributed by atoms with Crippen molar-refractivity contribution in [1.29, 1.82) is 0 Å². The average molecular weight is 222 g/mol. The molecule has 0 saturated heterocycles. The van der Waals surface area contributed by atoms with E-state index in [9.17, 15) is 0 Å². The van der Waals surface area contributed by atoms with Gasteiger partial charge in [0.2, 0.25) is 5.88 Å². The quantitative estimate of drug-likeness (QED) is 0.755. The van der Waals surface area contributed by atoms with Gasteiger partial charge in [0.1, 0.15) is 6.61 Å². The largest absolute Gasteiger partial charge is 0.475 e. The summed E-state index contributed by atoms with van der Waals surface area (Å²) in [4.78, 5) is 10.6. The zero-order valence-electron chi connectivity index (χ0n) is 9.59. The SMILES string of the molecule is CN(CCOc1cncc(CN)n1)C1CC1. The molecule has 5 nitrogen and oxygen atoms in total. The summed E-state index contributed by atoms with van der Waals surface area (Å²) in [6.45, 7) is 1.97. The predicted octanol–water partition coefficient (Wildman–Crippen LogP) is 0.408. The maximum Gasteiger partial charge on any atom is 0.232 e. The third kappa shape index (κ3) is 3.15. The third-order valence-corrected chi connectivity index (χ3v) is 2.74. The molecule has 88 valence electrons. The van der Waals surface area contributed by atoms with Crippen LogP contribution in [-0.4, -0.2) is 41.1 Å². The molecule has 1 aromatic heterocycles. The van der Waals surface area contributed by atoms with Gasteiger partial charge in [0, 0.05) is 25.3 Å². The van der Waals surface area contributed by atoms with Gasteiger partial charge >= 0.3 is 0 Å². The molecule has 0 amide bonds. The summed E-state index contributed by atoms with van der Waals surface area (Å²) in [5.41, 5.74) is 6.23.